The fraction of sp³-hybridized carbons (Fsp3) is 0.244. The Morgan fingerprint density at radius 3 is 2.02 bits per heavy atom. The van der Waals surface area contributed by atoms with Crippen LogP contribution < -0.4 is 15.2 Å². The first-order valence-electron chi connectivity index (χ1n) is 16.7. The lowest BCUT2D eigenvalue weighted by molar-refractivity contribution is -0.569. The molecule has 252 valence electrons. The molecule has 8 heteroatoms. The minimum absolute atomic E-state index is 0.0846. The summed E-state index contributed by atoms with van der Waals surface area (Å²) in [4.78, 5) is 0. The first-order valence-corrected chi connectivity index (χ1v) is 18.0. The minimum Gasteiger partial charge on any atom is -0.615 e. The first kappa shape index (κ1) is 34.2. The fourth-order valence-electron chi connectivity index (χ4n) is 6.37. The van der Waals surface area contributed by atoms with E-state index in [4.69, 9.17) is 8.84 Å². The van der Waals surface area contributed by atoms with Crippen LogP contribution in [0.5, 0.6) is 0 Å². The Kier molecular flexibility index (Phi) is 10.1. The lowest BCUT2D eigenvalue weighted by Crippen LogP contribution is -2.42. The summed E-state index contributed by atoms with van der Waals surface area (Å²) < 4.78 is 43.3. The molecule has 0 fully saturated rings. The summed E-state index contributed by atoms with van der Waals surface area (Å²) >= 11 is 0. The molecule has 49 heavy (non-hydrogen) atoms. The number of fused-ring (bicyclic) bond motifs is 1. The molecule has 1 heterocycles. The van der Waals surface area contributed by atoms with Crippen LogP contribution in [0.1, 0.15) is 38.8 Å². The number of alkyl halides is 2. The molecule has 0 aliphatic rings. The second-order valence-corrected chi connectivity index (χ2v) is 15.1. The molecule has 0 saturated carbocycles. The maximum Gasteiger partial charge on any atom is 0.393 e. The van der Waals surface area contributed by atoms with E-state index in [-0.39, 0.29) is 17.3 Å². The van der Waals surface area contributed by atoms with Crippen LogP contribution in [0.2, 0.25) is 0 Å². The van der Waals surface area contributed by atoms with E-state index in [1.807, 2.05) is 122 Å². The Hall–Kier alpha value is -4.63. The molecule has 0 amide bonds. The summed E-state index contributed by atoms with van der Waals surface area (Å²) in [5, 5.41) is 18.3. The van der Waals surface area contributed by atoms with Crippen molar-refractivity contribution in [3.63, 3.8) is 0 Å². The van der Waals surface area contributed by atoms with Gasteiger partial charge >= 0.3 is 5.89 Å². The van der Waals surface area contributed by atoms with Crippen LogP contribution in [0.3, 0.4) is 0 Å². The third-order valence-electron chi connectivity index (χ3n) is 8.72. The Morgan fingerprint density at radius 2 is 1.39 bits per heavy atom. The van der Waals surface area contributed by atoms with E-state index < -0.39 is 28.8 Å². The van der Waals surface area contributed by atoms with Crippen LogP contribution in [-0.2, 0) is 16.3 Å². The van der Waals surface area contributed by atoms with E-state index in [9.17, 15) is 5.21 Å². The van der Waals surface area contributed by atoms with E-state index in [0.29, 0.717) is 23.1 Å². The zero-order valence-corrected chi connectivity index (χ0v) is 29.8. The SMILES string of the molecule is CC(Cc1cc(-c2ccccc2)c(-c2ccccc2)c2c1oc(-c1ccccc1)[n+]2[O-])NCC(F)(F)CO[SiH2]c1ccccc1C(C)(C)C. The van der Waals surface area contributed by atoms with Crippen molar-refractivity contribution in [2.45, 2.75) is 51.5 Å². The zero-order chi connectivity index (χ0) is 34.6. The van der Waals surface area contributed by atoms with Crippen LogP contribution in [-0.4, -0.2) is 34.9 Å². The number of aromatic nitrogens is 1. The molecule has 6 rings (SSSR count). The predicted octanol–water partition coefficient (Wildman–Crippen LogP) is 7.95. The molecule has 5 nitrogen and oxygen atoms in total. The van der Waals surface area contributed by atoms with E-state index in [0.717, 1.165) is 43.3 Å². The van der Waals surface area contributed by atoms with Gasteiger partial charge in [0.2, 0.25) is 5.58 Å². The lowest BCUT2D eigenvalue weighted by atomic mass is 9.87. The molecular formula is C41H42F2N2O3Si. The molecule has 0 spiro atoms. The summed E-state index contributed by atoms with van der Waals surface area (Å²) in [5.74, 6) is -2.87. The van der Waals surface area contributed by atoms with Crippen molar-refractivity contribution in [2.24, 2.45) is 0 Å². The summed E-state index contributed by atoms with van der Waals surface area (Å²) in [5.41, 5.74) is 6.76. The topological polar surface area (TPSA) is 61.3 Å². The van der Waals surface area contributed by atoms with E-state index in [1.165, 1.54) is 0 Å². The average Bonchev–Trinajstić information content (AvgIpc) is 3.45. The number of halogens is 2. The van der Waals surface area contributed by atoms with E-state index >= 15 is 8.78 Å². The van der Waals surface area contributed by atoms with Gasteiger partial charge in [0.15, 0.2) is 9.76 Å². The average molecular weight is 677 g/mol. The number of nitrogens with zero attached hydrogens (tertiary/aromatic N) is 1. The summed E-state index contributed by atoms with van der Waals surface area (Å²) in [6, 6.07) is 38.6. The number of rotatable bonds is 12. The van der Waals surface area contributed by atoms with Gasteiger partial charge in [0.05, 0.1) is 24.3 Å². The molecule has 1 atom stereocenters. The normalized spacial score (nSPS) is 13.0. The van der Waals surface area contributed by atoms with Gasteiger partial charge in [-0.05, 0) is 64.4 Å². The van der Waals surface area contributed by atoms with Gasteiger partial charge in [0.1, 0.15) is 0 Å². The third kappa shape index (κ3) is 7.83. The molecule has 0 aliphatic heterocycles. The van der Waals surface area contributed by atoms with Crippen LogP contribution in [0, 0.1) is 5.21 Å². The van der Waals surface area contributed by atoms with Crippen molar-refractivity contribution in [1.82, 2.24) is 5.32 Å². The van der Waals surface area contributed by atoms with Gasteiger partial charge in [-0.1, -0.05) is 124 Å². The molecule has 1 aromatic heterocycles. The van der Waals surface area contributed by atoms with Crippen molar-refractivity contribution in [1.29, 1.82) is 0 Å². The van der Waals surface area contributed by atoms with Crippen LogP contribution in [0.15, 0.2) is 126 Å². The molecule has 0 radical (unpaired) electrons. The summed E-state index contributed by atoms with van der Waals surface area (Å²) in [6.45, 7) is 7.06. The standard InChI is InChI=1S/C41H42F2N2O3Si/c1-28(44-26-41(42,43)27-47-49-35-23-15-14-22-34(35)40(2,3)4)24-32-25-33(29-16-8-5-9-17-29)36(30-18-10-6-11-19-30)37-38(32)48-39(45(37)46)31-20-12-7-13-21-31/h5-23,25,28,44H,24,26-27,49H2,1-4H3. The highest BCUT2D eigenvalue weighted by Gasteiger charge is 2.32. The van der Waals surface area contributed by atoms with Gasteiger partial charge in [-0.15, -0.1) is 4.73 Å². The highest BCUT2D eigenvalue weighted by molar-refractivity contribution is 6.47. The van der Waals surface area contributed by atoms with Crippen molar-refractivity contribution in [3.05, 3.63) is 138 Å². The van der Waals surface area contributed by atoms with Crippen LogP contribution in [0.4, 0.5) is 8.78 Å². The smallest absolute Gasteiger partial charge is 0.393 e. The number of nitrogens with one attached hydrogen (secondary N) is 1. The molecule has 6 aromatic rings. The van der Waals surface area contributed by atoms with Crippen LogP contribution in [0.25, 0.3) is 44.8 Å². The number of hydrogen-bond donors (Lipinski definition) is 1. The maximum absolute atomic E-state index is 15.2. The Bertz CT molecular complexity index is 2010. The van der Waals surface area contributed by atoms with E-state index in [2.05, 4.69) is 32.2 Å². The number of benzene rings is 5. The predicted molar refractivity (Wildman–Crippen MR) is 197 cm³/mol. The van der Waals surface area contributed by atoms with Crippen molar-refractivity contribution >= 4 is 26.0 Å². The monoisotopic (exact) mass is 676 g/mol. The quantitative estimate of drug-likeness (QED) is 0.0813. The van der Waals surface area contributed by atoms with Gasteiger partial charge in [0, 0.05) is 11.6 Å². The zero-order valence-electron chi connectivity index (χ0n) is 28.4. The fourth-order valence-corrected chi connectivity index (χ4v) is 8.02. The van der Waals surface area contributed by atoms with Crippen LogP contribution >= 0.6 is 0 Å². The minimum atomic E-state index is -3.05. The summed E-state index contributed by atoms with van der Waals surface area (Å²) in [7, 11) is -1.34. The Morgan fingerprint density at radius 1 is 0.816 bits per heavy atom. The lowest BCUT2D eigenvalue weighted by Gasteiger charge is -2.24. The van der Waals surface area contributed by atoms with Gasteiger partial charge in [-0.2, -0.15) is 0 Å². The van der Waals surface area contributed by atoms with E-state index in [1.54, 1.807) is 0 Å². The maximum atomic E-state index is 15.2. The van der Waals surface area contributed by atoms with Gasteiger partial charge < -0.3 is 19.4 Å². The molecule has 0 saturated heterocycles. The molecule has 5 aromatic carbocycles. The van der Waals surface area contributed by atoms with Crippen molar-refractivity contribution in [3.8, 4) is 33.7 Å². The Labute approximate surface area is 289 Å². The van der Waals surface area contributed by atoms with Crippen molar-refractivity contribution in [2.75, 3.05) is 13.2 Å². The number of hydrogen-bond acceptors (Lipinski definition) is 4. The highest BCUT2D eigenvalue weighted by Crippen LogP contribution is 2.41. The van der Waals surface area contributed by atoms with Gasteiger partial charge in [0.25, 0.3) is 11.4 Å². The summed E-state index contributed by atoms with van der Waals surface area (Å²) in [6.07, 6.45) is 0.359. The number of oxazole rings is 1. The molecule has 0 bridgehead atoms. The second kappa shape index (κ2) is 14.5. The highest BCUT2D eigenvalue weighted by atomic mass is 28.2. The van der Waals surface area contributed by atoms with Gasteiger partial charge in [-0.3, -0.25) is 0 Å². The van der Waals surface area contributed by atoms with Gasteiger partial charge in [-0.25, -0.2) is 8.78 Å². The first-order chi connectivity index (χ1) is 23.5. The molecular weight excluding hydrogens is 635 g/mol. The van der Waals surface area contributed by atoms with Crippen molar-refractivity contribution < 1.29 is 22.4 Å². The second-order valence-electron chi connectivity index (χ2n) is 13.7. The molecule has 1 N–H and O–H groups in total. The molecule has 1 unspecified atom stereocenters. The molecule has 0 aliphatic carbocycles. The Balaban J connectivity index is 1.29. The largest absolute Gasteiger partial charge is 0.615 e. The third-order valence-corrected chi connectivity index (χ3v) is 10.1.